The zero-order valence-corrected chi connectivity index (χ0v) is 14.6. The van der Waals surface area contributed by atoms with Gasteiger partial charge in [-0.2, -0.15) is 13.5 Å². The normalized spacial score (nSPS) is 21.8. The highest BCUT2D eigenvalue weighted by Gasteiger charge is 2.53. The van der Waals surface area contributed by atoms with Gasteiger partial charge in [-0.15, -0.1) is 4.28 Å². The second kappa shape index (κ2) is 7.20. The van der Waals surface area contributed by atoms with Crippen LogP contribution >= 0.6 is 0 Å². The molecule has 2 atom stereocenters. The van der Waals surface area contributed by atoms with Gasteiger partial charge in [-0.1, -0.05) is 0 Å². The molecule has 12 nitrogen and oxygen atoms in total. The Morgan fingerprint density at radius 3 is 2.96 bits per heavy atom. The molecule has 1 aromatic heterocycles. The summed E-state index contributed by atoms with van der Waals surface area (Å²) < 4.78 is 40.6. The molecule has 0 saturated carbocycles. The molecule has 1 aromatic rings. The lowest BCUT2D eigenvalue weighted by Crippen LogP contribution is -2.43. The molecule has 144 valence electrons. The van der Waals surface area contributed by atoms with Gasteiger partial charge < -0.3 is 14.6 Å². The van der Waals surface area contributed by atoms with Gasteiger partial charge in [-0.3, -0.25) is 14.2 Å². The Balaban J connectivity index is 1.77. The van der Waals surface area contributed by atoms with Gasteiger partial charge in [0, 0.05) is 5.56 Å². The molecular weight excluding hydrogens is 372 g/mol. The minimum Gasteiger partial charge on any atom is -0.466 e. The smallest absolute Gasteiger partial charge is 0.418 e. The van der Waals surface area contributed by atoms with E-state index in [0.717, 1.165) is 4.90 Å². The molecule has 1 unspecified atom stereocenters. The number of amides is 3. The van der Waals surface area contributed by atoms with Crippen molar-refractivity contribution in [3.05, 3.63) is 23.7 Å². The van der Waals surface area contributed by atoms with Crippen molar-refractivity contribution in [3.8, 4) is 0 Å². The molecule has 13 heteroatoms. The van der Waals surface area contributed by atoms with Crippen LogP contribution in [0.4, 0.5) is 4.79 Å². The van der Waals surface area contributed by atoms with Crippen LogP contribution in [0.2, 0.25) is 0 Å². The Bertz CT molecular complexity index is 794. The molecule has 3 heterocycles. The van der Waals surface area contributed by atoms with Gasteiger partial charge in [0.2, 0.25) is 0 Å². The maximum atomic E-state index is 12.5. The number of carbonyl (C=O) groups is 2. The third-order valence-electron chi connectivity index (χ3n) is 4.00. The van der Waals surface area contributed by atoms with Crippen LogP contribution in [0.25, 0.3) is 0 Å². The molecule has 3 N–H and O–H groups in total. The lowest BCUT2D eigenvalue weighted by molar-refractivity contribution is -0.139. The maximum absolute atomic E-state index is 12.5. The van der Waals surface area contributed by atoms with E-state index < -0.39 is 34.4 Å². The van der Waals surface area contributed by atoms with Gasteiger partial charge in [0.05, 0.1) is 19.4 Å². The van der Waals surface area contributed by atoms with Gasteiger partial charge in [0.15, 0.2) is 6.04 Å². The van der Waals surface area contributed by atoms with Crippen LogP contribution < -0.4 is 10.8 Å². The van der Waals surface area contributed by atoms with Crippen molar-refractivity contribution in [2.45, 2.75) is 18.5 Å². The Hall–Kier alpha value is -2.19. The highest BCUT2D eigenvalue weighted by Crippen LogP contribution is 2.44. The van der Waals surface area contributed by atoms with Crippen molar-refractivity contribution in [3.63, 3.8) is 0 Å². The standard InChI is InChI=1S/C13H18N4O8S/c1-14-4-2-5-24-15-12(18)10-11-8(3-6-23-11)9-7-16(10)13(19)17(9)25-26(20,21)22/h3,6,9-10,14H,2,4-5,7H2,1H3,(H,15,18)(H,20,21,22)/t9?,10-/m0/s1. The van der Waals surface area contributed by atoms with E-state index in [9.17, 15) is 18.0 Å². The topological polar surface area (TPSA) is 151 Å². The number of nitrogens with one attached hydrogen (secondary N) is 2. The SMILES string of the molecule is CNCCCONC(=O)[C@@H]1c2occc2C2CN1C(=O)N2OS(=O)(=O)O. The van der Waals surface area contributed by atoms with Crippen molar-refractivity contribution < 1.29 is 36.1 Å². The predicted molar refractivity (Wildman–Crippen MR) is 83.4 cm³/mol. The van der Waals surface area contributed by atoms with Crippen LogP contribution in [0.15, 0.2) is 16.7 Å². The van der Waals surface area contributed by atoms with Crippen LogP contribution in [-0.2, 0) is 24.3 Å². The van der Waals surface area contributed by atoms with Crippen molar-refractivity contribution in [1.29, 1.82) is 0 Å². The van der Waals surface area contributed by atoms with Crippen LogP contribution in [0.1, 0.15) is 29.8 Å². The van der Waals surface area contributed by atoms with Gasteiger partial charge in [0.25, 0.3) is 5.91 Å². The summed E-state index contributed by atoms with van der Waals surface area (Å²) in [6.45, 7) is 0.952. The van der Waals surface area contributed by atoms with E-state index in [1.807, 2.05) is 0 Å². The highest BCUT2D eigenvalue weighted by atomic mass is 32.3. The van der Waals surface area contributed by atoms with Crippen LogP contribution in [0, 0.1) is 0 Å². The summed E-state index contributed by atoms with van der Waals surface area (Å²) in [7, 11) is -3.12. The number of hydrogen-bond donors (Lipinski definition) is 3. The lowest BCUT2D eigenvalue weighted by atomic mass is 9.98. The van der Waals surface area contributed by atoms with Gasteiger partial charge in [0.1, 0.15) is 11.8 Å². The Kier molecular flexibility index (Phi) is 5.15. The number of hydroxylamine groups is 3. The fraction of sp³-hybridized carbons (Fsp3) is 0.538. The van der Waals surface area contributed by atoms with E-state index >= 15 is 0 Å². The maximum Gasteiger partial charge on any atom is 0.418 e. The number of rotatable bonds is 8. The van der Waals surface area contributed by atoms with E-state index in [1.165, 1.54) is 12.3 Å². The number of fused-ring (bicyclic) bond motifs is 4. The molecule has 0 radical (unpaired) electrons. The van der Waals surface area contributed by atoms with Crippen LogP contribution in [-0.4, -0.2) is 61.6 Å². The van der Waals surface area contributed by atoms with Crippen molar-refractivity contribution in [2.75, 3.05) is 26.7 Å². The first-order valence-electron chi connectivity index (χ1n) is 7.74. The minimum atomic E-state index is -4.91. The minimum absolute atomic E-state index is 0.0152. The quantitative estimate of drug-likeness (QED) is 0.303. The summed E-state index contributed by atoms with van der Waals surface area (Å²) in [5.74, 6) is -0.474. The second-order valence-corrected chi connectivity index (χ2v) is 6.70. The number of urea groups is 1. The van der Waals surface area contributed by atoms with Crippen molar-refractivity contribution in [1.82, 2.24) is 20.8 Å². The third-order valence-corrected chi connectivity index (χ3v) is 4.35. The largest absolute Gasteiger partial charge is 0.466 e. The first-order valence-corrected chi connectivity index (χ1v) is 9.10. The summed E-state index contributed by atoms with van der Waals surface area (Å²) in [4.78, 5) is 31.1. The number of hydrogen-bond acceptors (Lipinski definition) is 8. The molecule has 0 spiro atoms. The molecule has 1 fully saturated rings. The average Bonchev–Trinajstić information content (AvgIpc) is 3.14. The average molecular weight is 390 g/mol. The zero-order chi connectivity index (χ0) is 18.9. The fourth-order valence-corrected chi connectivity index (χ4v) is 3.32. The summed E-state index contributed by atoms with van der Waals surface area (Å²) >= 11 is 0. The molecular formula is C13H18N4O8S. The van der Waals surface area contributed by atoms with Crippen molar-refractivity contribution >= 4 is 22.3 Å². The first-order chi connectivity index (χ1) is 12.3. The Morgan fingerprint density at radius 1 is 1.50 bits per heavy atom. The van der Waals surface area contributed by atoms with Gasteiger partial charge in [-0.05, 0) is 26.1 Å². The summed E-state index contributed by atoms with van der Waals surface area (Å²) in [5.41, 5.74) is 2.67. The lowest BCUT2D eigenvalue weighted by Gasteiger charge is -2.28. The molecule has 3 rings (SSSR count). The van der Waals surface area contributed by atoms with E-state index in [2.05, 4.69) is 15.1 Å². The van der Waals surface area contributed by atoms with E-state index in [4.69, 9.17) is 13.8 Å². The first kappa shape index (κ1) is 18.6. The molecule has 2 aliphatic heterocycles. The Labute approximate surface area is 148 Å². The van der Waals surface area contributed by atoms with Gasteiger partial charge in [-0.25, -0.2) is 10.3 Å². The molecule has 2 bridgehead atoms. The van der Waals surface area contributed by atoms with Crippen LogP contribution in [0.5, 0.6) is 0 Å². The third kappa shape index (κ3) is 3.52. The van der Waals surface area contributed by atoms with E-state index in [0.29, 0.717) is 23.6 Å². The zero-order valence-electron chi connectivity index (χ0n) is 13.7. The number of carbonyl (C=O) groups excluding carboxylic acids is 2. The number of nitrogens with zero attached hydrogens (tertiary/aromatic N) is 2. The Morgan fingerprint density at radius 2 is 2.27 bits per heavy atom. The van der Waals surface area contributed by atoms with Crippen LogP contribution in [0.3, 0.4) is 0 Å². The fourth-order valence-electron chi connectivity index (χ4n) is 2.95. The molecule has 26 heavy (non-hydrogen) atoms. The van der Waals surface area contributed by atoms with E-state index in [-0.39, 0.29) is 18.9 Å². The molecule has 0 aliphatic carbocycles. The molecule has 1 saturated heterocycles. The summed E-state index contributed by atoms with van der Waals surface area (Å²) in [6, 6.07) is -1.37. The second-order valence-electron chi connectivity index (χ2n) is 5.69. The molecule has 3 amide bonds. The molecule has 0 aromatic carbocycles. The highest BCUT2D eigenvalue weighted by molar-refractivity contribution is 7.80. The van der Waals surface area contributed by atoms with E-state index in [1.54, 1.807) is 7.05 Å². The molecule has 2 aliphatic rings. The van der Waals surface area contributed by atoms with Gasteiger partial charge >= 0.3 is 16.4 Å². The summed E-state index contributed by atoms with van der Waals surface area (Å²) in [6.07, 6.45) is 1.98. The van der Waals surface area contributed by atoms with Crippen molar-refractivity contribution in [2.24, 2.45) is 0 Å². The number of furan rings is 1. The summed E-state index contributed by atoms with van der Waals surface area (Å²) in [5, 5.41) is 3.43. The monoisotopic (exact) mass is 390 g/mol. The predicted octanol–water partition coefficient (Wildman–Crippen LogP) is -0.495.